The first kappa shape index (κ1) is 11.9. The molecule has 0 saturated carbocycles. The van der Waals surface area contributed by atoms with Gasteiger partial charge in [0.1, 0.15) is 5.82 Å². The second-order valence-electron chi connectivity index (χ2n) is 4.24. The molecule has 0 bridgehead atoms. The van der Waals surface area contributed by atoms with E-state index in [0.717, 1.165) is 15.1 Å². The van der Waals surface area contributed by atoms with Crippen molar-refractivity contribution in [3.05, 3.63) is 64.6 Å². The second kappa shape index (κ2) is 4.48. The number of nitrogen functional groups attached to an aromatic ring is 1. The summed E-state index contributed by atoms with van der Waals surface area (Å²) in [5, 5.41) is 0.621. The van der Waals surface area contributed by atoms with E-state index < -0.39 is 0 Å². The Morgan fingerprint density at radius 3 is 2.47 bits per heavy atom. The molecule has 0 saturated heterocycles. The number of benzene rings is 2. The van der Waals surface area contributed by atoms with Crippen molar-refractivity contribution in [3.63, 3.8) is 0 Å². The van der Waals surface area contributed by atoms with Gasteiger partial charge < -0.3 is 5.73 Å². The van der Waals surface area contributed by atoms with Gasteiger partial charge in [-0.3, -0.25) is 4.79 Å². The Balaban J connectivity index is 2.24. The molecule has 0 unspecified atom stereocenters. The maximum Gasteiger partial charge on any atom is 0.188 e. The number of fused-ring (bicyclic) bond motifs is 1. The SMILES string of the molecule is Nc1ccc2sc(-c3ccc(F)cc3)cc(=O)c2c1. The van der Waals surface area contributed by atoms with E-state index >= 15 is 0 Å². The average Bonchev–Trinajstić information content (AvgIpc) is 2.40. The van der Waals surface area contributed by atoms with Crippen LogP contribution < -0.4 is 11.2 Å². The third kappa shape index (κ3) is 2.22. The minimum absolute atomic E-state index is 0.0691. The minimum atomic E-state index is -0.287. The summed E-state index contributed by atoms with van der Waals surface area (Å²) < 4.78 is 13.8. The molecule has 0 spiro atoms. The summed E-state index contributed by atoms with van der Waals surface area (Å²) in [7, 11) is 0. The van der Waals surface area contributed by atoms with Crippen molar-refractivity contribution >= 4 is 27.1 Å². The van der Waals surface area contributed by atoms with Gasteiger partial charge in [0, 0.05) is 26.7 Å². The lowest BCUT2D eigenvalue weighted by atomic mass is 10.1. The Hall–Kier alpha value is -2.20. The molecule has 3 rings (SSSR count). The maximum atomic E-state index is 12.9. The molecule has 2 aromatic carbocycles. The lowest BCUT2D eigenvalue weighted by Crippen LogP contribution is -1.99. The quantitative estimate of drug-likeness (QED) is 0.686. The van der Waals surface area contributed by atoms with Gasteiger partial charge in [0.2, 0.25) is 0 Å². The highest BCUT2D eigenvalue weighted by Gasteiger charge is 2.05. The molecule has 0 amide bonds. The van der Waals surface area contributed by atoms with Gasteiger partial charge in [-0.1, -0.05) is 12.1 Å². The Morgan fingerprint density at radius 1 is 1.00 bits per heavy atom. The Morgan fingerprint density at radius 2 is 1.74 bits per heavy atom. The zero-order valence-electron chi connectivity index (χ0n) is 9.89. The highest BCUT2D eigenvalue weighted by Crippen LogP contribution is 2.28. The summed E-state index contributed by atoms with van der Waals surface area (Å²) in [6.45, 7) is 0. The molecule has 0 radical (unpaired) electrons. The number of nitrogens with two attached hydrogens (primary N) is 1. The molecular weight excluding hydrogens is 261 g/mol. The molecule has 2 nitrogen and oxygen atoms in total. The molecule has 94 valence electrons. The molecule has 0 aliphatic rings. The van der Waals surface area contributed by atoms with Crippen LogP contribution in [0.3, 0.4) is 0 Å². The van der Waals surface area contributed by atoms with Crippen molar-refractivity contribution in [2.24, 2.45) is 0 Å². The minimum Gasteiger partial charge on any atom is -0.399 e. The van der Waals surface area contributed by atoms with Gasteiger partial charge >= 0.3 is 0 Å². The van der Waals surface area contributed by atoms with Crippen LogP contribution in [0.1, 0.15) is 0 Å². The van der Waals surface area contributed by atoms with Gasteiger partial charge in [-0.05, 0) is 35.9 Å². The van der Waals surface area contributed by atoms with E-state index in [0.29, 0.717) is 11.1 Å². The maximum absolute atomic E-state index is 12.9. The third-order valence-electron chi connectivity index (χ3n) is 2.88. The number of rotatable bonds is 1. The first-order chi connectivity index (χ1) is 9.13. The summed E-state index contributed by atoms with van der Waals surface area (Å²) >= 11 is 1.49. The van der Waals surface area contributed by atoms with Crippen LogP contribution in [0.25, 0.3) is 20.5 Å². The van der Waals surface area contributed by atoms with Gasteiger partial charge in [-0.15, -0.1) is 11.3 Å². The largest absolute Gasteiger partial charge is 0.399 e. The average molecular weight is 271 g/mol. The molecule has 1 aromatic heterocycles. The topological polar surface area (TPSA) is 43.1 Å². The van der Waals surface area contributed by atoms with Crippen molar-refractivity contribution in [1.29, 1.82) is 0 Å². The van der Waals surface area contributed by atoms with Crippen LogP contribution in [0, 0.1) is 5.82 Å². The number of halogens is 1. The van der Waals surface area contributed by atoms with E-state index in [2.05, 4.69) is 0 Å². The van der Waals surface area contributed by atoms with Crippen LogP contribution >= 0.6 is 11.3 Å². The van der Waals surface area contributed by atoms with Crippen LogP contribution in [0.2, 0.25) is 0 Å². The van der Waals surface area contributed by atoms with E-state index in [4.69, 9.17) is 5.73 Å². The number of hydrogen-bond donors (Lipinski definition) is 1. The molecule has 0 aliphatic carbocycles. The number of hydrogen-bond acceptors (Lipinski definition) is 3. The van der Waals surface area contributed by atoms with E-state index in [1.54, 1.807) is 30.3 Å². The van der Waals surface area contributed by atoms with Gasteiger partial charge in [0.05, 0.1) is 0 Å². The first-order valence-electron chi connectivity index (χ1n) is 5.73. The number of anilines is 1. The first-order valence-corrected chi connectivity index (χ1v) is 6.54. The normalized spacial score (nSPS) is 10.8. The highest BCUT2D eigenvalue weighted by atomic mass is 32.1. The van der Waals surface area contributed by atoms with Crippen molar-refractivity contribution < 1.29 is 4.39 Å². The van der Waals surface area contributed by atoms with Crippen LogP contribution in [0.4, 0.5) is 10.1 Å². The summed E-state index contributed by atoms with van der Waals surface area (Å²) in [6, 6.07) is 13.0. The molecule has 1 heterocycles. The molecule has 0 fully saturated rings. The van der Waals surface area contributed by atoms with Crippen molar-refractivity contribution in [2.45, 2.75) is 0 Å². The van der Waals surface area contributed by atoms with Gasteiger partial charge in [0.15, 0.2) is 5.43 Å². The molecular formula is C15H10FNOS. The van der Waals surface area contributed by atoms with Gasteiger partial charge in [-0.2, -0.15) is 0 Å². The standard InChI is InChI=1S/C15H10FNOS/c16-10-3-1-9(2-4-10)15-8-13(18)12-7-11(17)5-6-14(12)19-15/h1-8H,17H2. The summed E-state index contributed by atoms with van der Waals surface area (Å²) in [6.07, 6.45) is 0. The summed E-state index contributed by atoms with van der Waals surface area (Å²) in [5.74, 6) is -0.287. The lowest BCUT2D eigenvalue weighted by Gasteiger charge is -2.03. The molecule has 3 aromatic rings. The summed E-state index contributed by atoms with van der Waals surface area (Å²) in [5.41, 5.74) is 7.02. The van der Waals surface area contributed by atoms with Crippen LogP contribution in [0.5, 0.6) is 0 Å². The van der Waals surface area contributed by atoms with Crippen LogP contribution in [0.15, 0.2) is 53.3 Å². The monoisotopic (exact) mass is 271 g/mol. The van der Waals surface area contributed by atoms with Crippen LogP contribution in [-0.4, -0.2) is 0 Å². The van der Waals surface area contributed by atoms with Crippen LogP contribution in [-0.2, 0) is 0 Å². The molecule has 0 aliphatic heterocycles. The zero-order chi connectivity index (χ0) is 13.4. The van der Waals surface area contributed by atoms with E-state index in [1.807, 2.05) is 6.07 Å². The van der Waals surface area contributed by atoms with E-state index in [9.17, 15) is 9.18 Å². The summed E-state index contributed by atoms with van der Waals surface area (Å²) in [4.78, 5) is 12.9. The highest BCUT2D eigenvalue weighted by molar-refractivity contribution is 7.21. The van der Waals surface area contributed by atoms with Gasteiger partial charge in [-0.25, -0.2) is 4.39 Å². The zero-order valence-corrected chi connectivity index (χ0v) is 10.7. The Kier molecular flexibility index (Phi) is 2.80. The van der Waals surface area contributed by atoms with Crippen molar-refractivity contribution in [3.8, 4) is 10.4 Å². The van der Waals surface area contributed by atoms with Crippen molar-refractivity contribution in [2.75, 3.05) is 5.73 Å². The molecule has 2 N–H and O–H groups in total. The predicted molar refractivity (Wildman–Crippen MR) is 77.9 cm³/mol. The van der Waals surface area contributed by atoms with Crippen molar-refractivity contribution in [1.82, 2.24) is 0 Å². The fourth-order valence-electron chi connectivity index (χ4n) is 1.93. The molecule has 4 heteroatoms. The predicted octanol–water partition coefficient (Wildman–Crippen LogP) is 3.65. The van der Waals surface area contributed by atoms with Gasteiger partial charge in [0.25, 0.3) is 0 Å². The molecule has 19 heavy (non-hydrogen) atoms. The Labute approximate surface area is 112 Å². The Bertz CT molecular complexity index is 808. The second-order valence-corrected chi connectivity index (χ2v) is 5.32. The smallest absolute Gasteiger partial charge is 0.188 e. The molecule has 0 atom stereocenters. The van der Waals surface area contributed by atoms with E-state index in [1.165, 1.54) is 23.5 Å². The lowest BCUT2D eigenvalue weighted by molar-refractivity contribution is 0.628. The fraction of sp³-hybridized carbons (Fsp3) is 0. The fourth-order valence-corrected chi connectivity index (χ4v) is 2.99. The third-order valence-corrected chi connectivity index (χ3v) is 4.03. The van der Waals surface area contributed by atoms with E-state index in [-0.39, 0.29) is 11.2 Å².